The Morgan fingerprint density at radius 1 is 0.833 bits per heavy atom. The molecular formula is C13H24N2O3. The van der Waals surface area contributed by atoms with Crippen LogP contribution in [0.2, 0.25) is 0 Å². The second-order valence-electron chi connectivity index (χ2n) is 3.80. The summed E-state index contributed by atoms with van der Waals surface area (Å²) in [5, 5.41) is 0. The Morgan fingerprint density at radius 2 is 1.28 bits per heavy atom. The van der Waals surface area contributed by atoms with Crippen LogP contribution in [0.1, 0.15) is 38.5 Å². The number of hydrogen-bond acceptors (Lipinski definition) is 5. The molecule has 0 aromatic heterocycles. The molecule has 0 amide bonds. The first kappa shape index (κ1) is 16.7. The quantitative estimate of drug-likeness (QED) is 0.356. The van der Waals surface area contributed by atoms with Crippen LogP contribution in [0.3, 0.4) is 0 Å². The van der Waals surface area contributed by atoms with Crippen LogP contribution in [0, 0.1) is 0 Å². The SMILES string of the molecule is NCCCCC=COC(=O)OC=CCCCCN. The lowest BCUT2D eigenvalue weighted by molar-refractivity contribution is 0.119. The highest BCUT2D eigenvalue weighted by Gasteiger charge is 1.96. The highest BCUT2D eigenvalue weighted by molar-refractivity contribution is 5.61. The van der Waals surface area contributed by atoms with Gasteiger partial charge in [0.25, 0.3) is 0 Å². The number of unbranched alkanes of at least 4 members (excludes halogenated alkanes) is 4. The van der Waals surface area contributed by atoms with E-state index in [0.717, 1.165) is 38.5 Å². The van der Waals surface area contributed by atoms with E-state index in [9.17, 15) is 4.79 Å². The molecule has 5 nitrogen and oxygen atoms in total. The van der Waals surface area contributed by atoms with Crippen LogP contribution in [-0.2, 0) is 9.47 Å². The fourth-order valence-corrected chi connectivity index (χ4v) is 1.18. The van der Waals surface area contributed by atoms with Crippen LogP contribution in [0.4, 0.5) is 4.79 Å². The number of ether oxygens (including phenoxy) is 2. The molecule has 0 saturated heterocycles. The van der Waals surface area contributed by atoms with Crippen molar-refractivity contribution in [3.63, 3.8) is 0 Å². The molecule has 0 bridgehead atoms. The number of allylic oxidation sites excluding steroid dienone is 2. The minimum Gasteiger partial charge on any atom is -0.403 e. The molecule has 0 atom stereocenters. The summed E-state index contributed by atoms with van der Waals surface area (Å²) >= 11 is 0. The minimum absolute atomic E-state index is 0.686. The van der Waals surface area contributed by atoms with E-state index in [4.69, 9.17) is 20.9 Å². The molecule has 0 aliphatic rings. The third kappa shape index (κ3) is 12.7. The predicted octanol–water partition coefficient (Wildman–Crippen LogP) is 2.43. The standard InChI is InChI=1S/C13H24N2O3/c14-9-5-1-3-7-11-17-13(16)18-12-8-4-2-6-10-15/h7-8,11-12H,1-6,9-10,14-15H2. The van der Waals surface area contributed by atoms with E-state index >= 15 is 0 Å². The zero-order valence-corrected chi connectivity index (χ0v) is 10.8. The van der Waals surface area contributed by atoms with E-state index in [1.807, 2.05) is 0 Å². The Kier molecular flexibility index (Phi) is 12.7. The van der Waals surface area contributed by atoms with Crippen molar-refractivity contribution < 1.29 is 14.3 Å². The zero-order valence-electron chi connectivity index (χ0n) is 10.8. The summed E-state index contributed by atoms with van der Waals surface area (Å²) < 4.78 is 9.41. The molecule has 0 aromatic carbocycles. The van der Waals surface area contributed by atoms with Crippen molar-refractivity contribution in [2.24, 2.45) is 11.5 Å². The minimum atomic E-state index is -0.722. The summed E-state index contributed by atoms with van der Waals surface area (Å²) in [6, 6.07) is 0. The Balaban J connectivity index is 3.41. The molecule has 0 aliphatic heterocycles. The van der Waals surface area contributed by atoms with Crippen molar-refractivity contribution in [3.05, 3.63) is 24.7 Å². The highest BCUT2D eigenvalue weighted by atomic mass is 16.7. The van der Waals surface area contributed by atoms with E-state index in [1.165, 1.54) is 12.5 Å². The summed E-state index contributed by atoms with van der Waals surface area (Å²) in [5.41, 5.74) is 10.7. The van der Waals surface area contributed by atoms with Gasteiger partial charge in [-0.15, -0.1) is 0 Å². The molecule has 0 spiro atoms. The number of carbonyl (C=O) groups is 1. The van der Waals surface area contributed by atoms with Gasteiger partial charge in [-0.3, -0.25) is 0 Å². The van der Waals surface area contributed by atoms with Gasteiger partial charge in [0.05, 0.1) is 12.5 Å². The fraction of sp³-hybridized carbons (Fsp3) is 0.615. The Labute approximate surface area is 109 Å². The number of rotatable bonds is 10. The summed E-state index contributed by atoms with van der Waals surface area (Å²) in [5.74, 6) is 0. The molecule has 0 saturated carbocycles. The summed E-state index contributed by atoms with van der Waals surface area (Å²) in [7, 11) is 0. The van der Waals surface area contributed by atoms with Crippen molar-refractivity contribution in [1.29, 1.82) is 0 Å². The smallest absolute Gasteiger partial charge is 0.403 e. The largest absolute Gasteiger partial charge is 0.518 e. The lowest BCUT2D eigenvalue weighted by Gasteiger charge is -1.97. The van der Waals surface area contributed by atoms with Gasteiger partial charge < -0.3 is 20.9 Å². The average Bonchev–Trinajstić information content (AvgIpc) is 2.38. The van der Waals surface area contributed by atoms with Crippen LogP contribution in [0.15, 0.2) is 24.7 Å². The van der Waals surface area contributed by atoms with Gasteiger partial charge in [-0.05, 0) is 63.8 Å². The maximum atomic E-state index is 11.0. The Hall–Kier alpha value is -1.33. The van der Waals surface area contributed by atoms with Gasteiger partial charge in [0.1, 0.15) is 0 Å². The van der Waals surface area contributed by atoms with Gasteiger partial charge in [-0.2, -0.15) is 0 Å². The number of nitrogens with two attached hydrogens (primary N) is 2. The van der Waals surface area contributed by atoms with Crippen molar-refractivity contribution >= 4 is 6.16 Å². The first-order chi connectivity index (χ1) is 8.81. The van der Waals surface area contributed by atoms with Crippen LogP contribution in [0.5, 0.6) is 0 Å². The Bertz CT molecular complexity index is 229. The summed E-state index contributed by atoms with van der Waals surface area (Å²) in [4.78, 5) is 11.0. The molecule has 0 heterocycles. The van der Waals surface area contributed by atoms with Gasteiger partial charge in [0.15, 0.2) is 0 Å². The molecule has 0 radical (unpaired) electrons. The summed E-state index contributed by atoms with van der Waals surface area (Å²) in [6.45, 7) is 1.37. The number of hydrogen-bond donors (Lipinski definition) is 2. The molecule has 4 N–H and O–H groups in total. The molecule has 5 heteroatoms. The average molecular weight is 256 g/mol. The second-order valence-corrected chi connectivity index (χ2v) is 3.80. The van der Waals surface area contributed by atoms with Crippen molar-refractivity contribution in [1.82, 2.24) is 0 Å². The highest BCUT2D eigenvalue weighted by Crippen LogP contribution is 1.98. The van der Waals surface area contributed by atoms with Gasteiger partial charge in [0.2, 0.25) is 0 Å². The third-order valence-corrected chi connectivity index (χ3v) is 2.17. The molecular weight excluding hydrogens is 232 g/mol. The molecule has 18 heavy (non-hydrogen) atoms. The van der Waals surface area contributed by atoms with Crippen molar-refractivity contribution in [3.8, 4) is 0 Å². The molecule has 0 aromatic rings. The molecule has 0 unspecified atom stereocenters. The van der Waals surface area contributed by atoms with Crippen molar-refractivity contribution in [2.75, 3.05) is 13.1 Å². The molecule has 0 fully saturated rings. The van der Waals surface area contributed by atoms with Crippen LogP contribution in [-0.4, -0.2) is 19.2 Å². The fourth-order valence-electron chi connectivity index (χ4n) is 1.18. The van der Waals surface area contributed by atoms with E-state index in [0.29, 0.717) is 13.1 Å². The van der Waals surface area contributed by atoms with Gasteiger partial charge in [0, 0.05) is 0 Å². The van der Waals surface area contributed by atoms with Crippen molar-refractivity contribution in [2.45, 2.75) is 38.5 Å². The molecule has 0 aliphatic carbocycles. The lowest BCUT2D eigenvalue weighted by Crippen LogP contribution is -1.99. The monoisotopic (exact) mass is 256 g/mol. The van der Waals surface area contributed by atoms with Gasteiger partial charge >= 0.3 is 6.16 Å². The first-order valence-electron chi connectivity index (χ1n) is 6.38. The topological polar surface area (TPSA) is 87.6 Å². The maximum Gasteiger partial charge on any atom is 0.518 e. The van der Waals surface area contributed by atoms with E-state index in [-0.39, 0.29) is 0 Å². The van der Waals surface area contributed by atoms with E-state index in [2.05, 4.69) is 0 Å². The second kappa shape index (κ2) is 13.7. The first-order valence-corrected chi connectivity index (χ1v) is 6.38. The molecule has 0 rings (SSSR count). The predicted molar refractivity (Wildman–Crippen MR) is 71.7 cm³/mol. The summed E-state index contributed by atoms with van der Waals surface area (Å²) in [6.07, 6.45) is 11.2. The Morgan fingerprint density at radius 3 is 1.67 bits per heavy atom. The van der Waals surface area contributed by atoms with Crippen LogP contribution < -0.4 is 11.5 Å². The van der Waals surface area contributed by atoms with E-state index < -0.39 is 6.16 Å². The third-order valence-electron chi connectivity index (χ3n) is 2.17. The molecule has 104 valence electrons. The van der Waals surface area contributed by atoms with Crippen LogP contribution in [0.25, 0.3) is 0 Å². The maximum absolute atomic E-state index is 11.0. The van der Waals surface area contributed by atoms with Crippen LogP contribution >= 0.6 is 0 Å². The lowest BCUT2D eigenvalue weighted by atomic mass is 10.2. The van der Waals surface area contributed by atoms with Gasteiger partial charge in [-0.1, -0.05) is 0 Å². The number of carbonyl (C=O) groups excluding carboxylic acids is 1. The zero-order chi connectivity index (χ0) is 13.5. The normalized spacial score (nSPS) is 11.2. The van der Waals surface area contributed by atoms with Gasteiger partial charge in [-0.25, -0.2) is 4.79 Å². The van der Waals surface area contributed by atoms with E-state index in [1.54, 1.807) is 12.2 Å².